The maximum atomic E-state index is 14.9. The quantitative estimate of drug-likeness (QED) is 0.381. The molecule has 1 fully saturated rings. The highest BCUT2D eigenvalue weighted by molar-refractivity contribution is 5.98. The molecule has 210 valence electrons. The fraction of sp³-hybridized carbons (Fsp3) is 0.333. The Kier molecular flexibility index (Phi) is 6.71. The van der Waals surface area contributed by atoms with Crippen molar-refractivity contribution < 1.29 is 35.9 Å². The molecular formula is C30H26F6N2O2. The SMILES string of the molecule is CC(F)(c1ccc2c(c1)CC[C@H]1N(C(=O)c3ccc(C(N)=O)cc3F)CC[C@@]21Cc1ccc(F)cc1)C(F)(F)F. The second-order valence-corrected chi connectivity index (χ2v) is 10.7. The van der Waals surface area contributed by atoms with Crippen molar-refractivity contribution in [1.29, 1.82) is 0 Å². The van der Waals surface area contributed by atoms with Crippen LogP contribution in [0.2, 0.25) is 0 Å². The van der Waals surface area contributed by atoms with Gasteiger partial charge in [-0.1, -0.05) is 30.3 Å². The number of primary amides is 1. The minimum absolute atomic E-state index is 0.0813. The van der Waals surface area contributed by atoms with Crippen molar-refractivity contribution in [3.8, 4) is 0 Å². The van der Waals surface area contributed by atoms with Crippen LogP contribution in [0, 0.1) is 11.6 Å². The van der Waals surface area contributed by atoms with Gasteiger partial charge in [0.25, 0.3) is 5.91 Å². The summed E-state index contributed by atoms with van der Waals surface area (Å²) in [4.78, 5) is 26.6. The molecule has 0 saturated carbocycles. The highest BCUT2D eigenvalue weighted by atomic mass is 19.4. The van der Waals surface area contributed by atoms with Crippen LogP contribution in [0.15, 0.2) is 60.7 Å². The second kappa shape index (κ2) is 9.67. The van der Waals surface area contributed by atoms with Gasteiger partial charge in [0.2, 0.25) is 11.6 Å². The Labute approximate surface area is 226 Å². The minimum Gasteiger partial charge on any atom is -0.366 e. The fourth-order valence-corrected chi connectivity index (χ4v) is 6.23. The van der Waals surface area contributed by atoms with Crippen LogP contribution in [0.1, 0.15) is 62.7 Å². The summed E-state index contributed by atoms with van der Waals surface area (Å²) >= 11 is 0. The Hall–Kier alpha value is -3.82. The summed E-state index contributed by atoms with van der Waals surface area (Å²) in [5.41, 5.74) is 2.06. The molecular weight excluding hydrogens is 534 g/mol. The minimum atomic E-state index is -5.10. The van der Waals surface area contributed by atoms with Gasteiger partial charge in [-0.2, -0.15) is 13.2 Å². The zero-order valence-corrected chi connectivity index (χ0v) is 21.5. The molecule has 3 atom stereocenters. The van der Waals surface area contributed by atoms with Crippen LogP contribution >= 0.6 is 0 Å². The Balaban J connectivity index is 1.57. The average molecular weight is 561 g/mol. The van der Waals surface area contributed by atoms with E-state index in [0.29, 0.717) is 37.3 Å². The number of nitrogens with two attached hydrogens (primary N) is 1. The van der Waals surface area contributed by atoms with Crippen LogP contribution in [0.25, 0.3) is 0 Å². The molecule has 1 aliphatic carbocycles. The smallest absolute Gasteiger partial charge is 0.366 e. The molecule has 40 heavy (non-hydrogen) atoms. The highest BCUT2D eigenvalue weighted by Gasteiger charge is 2.55. The number of hydrogen-bond donors (Lipinski definition) is 1. The van der Waals surface area contributed by atoms with Gasteiger partial charge >= 0.3 is 6.18 Å². The molecule has 0 bridgehead atoms. The molecule has 2 aliphatic rings. The number of amides is 2. The number of rotatable bonds is 5. The molecule has 3 aromatic rings. The molecule has 1 unspecified atom stereocenters. The van der Waals surface area contributed by atoms with E-state index in [0.717, 1.165) is 17.7 Å². The Morgan fingerprint density at radius 1 is 1.00 bits per heavy atom. The number of fused-ring (bicyclic) bond motifs is 3. The second-order valence-electron chi connectivity index (χ2n) is 10.7. The van der Waals surface area contributed by atoms with Crippen LogP contribution < -0.4 is 5.73 Å². The summed E-state index contributed by atoms with van der Waals surface area (Å²) in [5, 5.41) is 0. The zero-order valence-electron chi connectivity index (χ0n) is 21.5. The molecule has 0 aromatic heterocycles. The van der Waals surface area contributed by atoms with E-state index in [2.05, 4.69) is 0 Å². The van der Waals surface area contributed by atoms with Gasteiger partial charge < -0.3 is 10.6 Å². The molecule has 0 radical (unpaired) electrons. The number of aryl methyl sites for hydroxylation is 1. The summed E-state index contributed by atoms with van der Waals surface area (Å²) < 4.78 is 83.8. The zero-order chi connectivity index (χ0) is 29.0. The monoisotopic (exact) mass is 560 g/mol. The van der Waals surface area contributed by atoms with Gasteiger partial charge in [0.05, 0.1) is 5.56 Å². The van der Waals surface area contributed by atoms with Crippen LogP contribution in [0.3, 0.4) is 0 Å². The third-order valence-electron chi connectivity index (χ3n) is 8.39. The third-order valence-corrected chi connectivity index (χ3v) is 8.39. The van der Waals surface area contributed by atoms with Gasteiger partial charge in [-0.15, -0.1) is 0 Å². The number of benzene rings is 3. The molecule has 2 N–H and O–H groups in total. The molecule has 0 spiro atoms. The van der Waals surface area contributed by atoms with Gasteiger partial charge in [-0.3, -0.25) is 9.59 Å². The summed E-state index contributed by atoms with van der Waals surface area (Å²) in [7, 11) is 0. The van der Waals surface area contributed by atoms with Crippen LogP contribution in [0.4, 0.5) is 26.3 Å². The molecule has 5 rings (SSSR count). The van der Waals surface area contributed by atoms with Gasteiger partial charge in [0.1, 0.15) is 11.6 Å². The van der Waals surface area contributed by atoms with Crippen LogP contribution in [-0.4, -0.2) is 35.5 Å². The predicted molar refractivity (Wildman–Crippen MR) is 135 cm³/mol. The lowest BCUT2D eigenvalue weighted by Crippen LogP contribution is -2.49. The highest BCUT2D eigenvalue weighted by Crippen LogP contribution is 2.51. The number of nitrogens with zero attached hydrogens (tertiary/aromatic N) is 1. The third kappa shape index (κ3) is 4.53. The largest absolute Gasteiger partial charge is 0.426 e. The Bertz CT molecular complexity index is 1480. The molecule has 10 heteroatoms. The molecule has 1 heterocycles. The normalized spacial score (nSPS) is 21.9. The van der Waals surface area contributed by atoms with Crippen LogP contribution in [0.5, 0.6) is 0 Å². The van der Waals surface area contributed by atoms with Gasteiger partial charge in [0.15, 0.2) is 0 Å². The van der Waals surface area contributed by atoms with Crippen molar-refractivity contribution in [2.75, 3.05) is 6.54 Å². The molecule has 1 saturated heterocycles. The molecule has 4 nitrogen and oxygen atoms in total. The lowest BCUT2D eigenvalue weighted by atomic mass is 9.63. The van der Waals surface area contributed by atoms with Crippen molar-refractivity contribution in [2.45, 2.75) is 55.9 Å². The van der Waals surface area contributed by atoms with E-state index < -0.39 is 52.3 Å². The van der Waals surface area contributed by atoms with Gasteiger partial charge in [-0.05, 0) is 85.2 Å². The topological polar surface area (TPSA) is 63.4 Å². The van der Waals surface area contributed by atoms with Crippen molar-refractivity contribution in [3.05, 3.63) is 106 Å². The van der Waals surface area contributed by atoms with E-state index in [-0.39, 0.29) is 24.1 Å². The molecule has 1 aliphatic heterocycles. The van der Waals surface area contributed by atoms with E-state index in [1.165, 1.54) is 36.4 Å². The number of hydrogen-bond acceptors (Lipinski definition) is 2. The first kappa shape index (κ1) is 27.7. The van der Waals surface area contributed by atoms with Gasteiger partial charge in [0, 0.05) is 23.6 Å². The summed E-state index contributed by atoms with van der Waals surface area (Å²) in [5.74, 6) is -2.75. The molecule has 2 amide bonds. The van der Waals surface area contributed by atoms with Crippen molar-refractivity contribution in [1.82, 2.24) is 4.90 Å². The van der Waals surface area contributed by atoms with E-state index in [4.69, 9.17) is 5.73 Å². The first-order valence-electron chi connectivity index (χ1n) is 12.8. The first-order chi connectivity index (χ1) is 18.7. The van der Waals surface area contributed by atoms with Crippen molar-refractivity contribution in [2.24, 2.45) is 5.73 Å². The number of carbonyl (C=O) groups is 2. The van der Waals surface area contributed by atoms with Crippen molar-refractivity contribution >= 4 is 11.8 Å². The number of halogens is 6. The molecule has 3 aromatic carbocycles. The lowest BCUT2D eigenvalue weighted by molar-refractivity contribution is -0.228. The first-order valence-corrected chi connectivity index (χ1v) is 12.8. The Morgan fingerprint density at radius 3 is 2.33 bits per heavy atom. The van der Waals surface area contributed by atoms with E-state index >= 15 is 0 Å². The summed E-state index contributed by atoms with van der Waals surface area (Å²) in [6.07, 6.45) is -3.74. The summed E-state index contributed by atoms with van der Waals surface area (Å²) in [6, 6.07) is 12.6. The lowest BCUT2D eigenvalue weighted by Gasteiger charge is -2.44. The van der Waals surface area contributed by atoms with Gasteiger partial charge in [-0.25, -0.2) is 13.2 Å². The standard InChI is InChI=1S/C30H26F6N2O2/c1-28(33,30(34,35)36)20-6-10-23-18(14-20)5-11-25-29(23,16-17-2-7-21(31)8-3-17)12-13-38(25)27(40)22-9-4-19(26(37)39)15-24(22)32/h2-4,6-10,14-15,25H,5,11-13,16H2,1H3,(H2,37,39)/t25-,28?,29-/m1/s1. The number of alkyl halides is 4. The maximum absolute atomic E-state index is 14.9. The van der Waals surface area contributed by atoms with Crippen molar-refractivity contribution in [3.63, 3.8) is 0 Å². The van der Waals surface area contributed by atoms with E-state index in [9.17, 15) is 35.9 Å². The predicted octanol–water partition coefficient (Wildman–Crippen LogP) is 6.15. The van der Waals surface area contributed by atoms with E-state index in [1.807, 2.05) is 0 Å². The average Bonchev–Trinajstić information content (AvgIpc) is 3.28. The number of carbonyl (C=O) groups excluding carboxylic acids is 2. The Morgan fingerprint density at radius 2 is 1.70 bits per heavy atom. The maximum Gasteiger partial charge on any atom is 0.426 e. The van der Waals surface area contributed by atoms with E-state index in [1.54, 1.807) is 17.0 Å². The number of likely N-dealkylation sites (tertiary alicyclic amines) is 1. The van der Waals surface area contributed by atoms with Crippen LogP contribution in [-0.2, 0) is 23.9 Å². The summed E-state index contributed by atoms with van der Waals surface area (Å²) in [6.45, 7) is 0.717. The fourth-order valence-electron chi connectivity index (χ4n) is 6.23.